The summed E-state index contributed by atoms with van der Waals surface area (Å²) in [5.41, 5.74) is 0.910. The zero-order chi connectivity index (χ0) is 20.3. The second-order valence-corrected chi connectivity index (χ2v) is 10.0. The van der Waals surface area contributed by atoms with Crippen LogP contribution in [0.25, 0.3) is 0 Å². The summed E-state index contributed by atoms with van der Waals surface area (Å²) >= 11 is 0. The number of hydrogen-bond acceptors (Lipinski definition) is 5. The molecule has 1 unspecified atom stereocenters. The number of piperidine rings is 1. The smallest absolute Gasteiger partial charge is 0.282 e. The summed E-state index contributed by atoms with van der Waals surface area (Å²) in [6.45, 7) is 2.19. The molecule has 1 atom stereocenters. The van der Waals surface area contributed by atoms with E-state index >= 15 is 0 Å². The lowest BCUT2D eigenvalue weighted by Gasteiger charge is -2.36. The Morgan fingerprint density at radius 1 is 1.14 bits per heavy atom. The molecule has 1 aromatic rings. The quantitative estimate of drug-likeness (QED) is 0.804. The van der Waals surface area contributed by atoms with Crippen LogP contribution >= 0.6 is 0 Å². The van der Waals surface area contributed by atoms with Crippen LogP contribution < -0.4 is 5.32 Å². The van der Waals surface area contributed by atoms with Gasteiger partial charge < -0.3 is 5.32 Å². The van der Waals surface area contributed by atoms with Crippen LogP contribution in [0.1, 0.15) is 79.3 Å². The van der Waals surface area contributed by atoms with Gasteiger partial charge in [-0.2, -0.15) is 17.0 Å². The van der Waals surface area contributed by atoms with E-state index in [4.69, 9.17) is 0 Å². The molecule has 8 nitrogen and oxygen atoms in total. The number of amides is 1. The van der Waals surface area contributed by atoms with Crippen molar-refractivity contribution < 1.29 is 13.2 Å². The van der Waals surface area contributed by atoms with Gasteiger partial charge in [0.05, 0.1) is 17.3 Å². The molecule has 28 heavy (non-hydrogen) atoms. The molecular weight excluding hydrogens is 378 g/mol. The first-order valence-electron chi connectivity index (χ1n) is 10.1. The Morgan fingerprint density at radius 2 is 1.82 bits per heavy atom. The standard InChI is InChI=1S/C19H31N5O3S/c1-14-20-13-16(19(25)22-15-9-5-4-6-10-15)18(21-14)17-11-7-8-12-24(17)28(26,27)23(2)3/h13,15,17H,4-12H2,1-3H3,(H,22,25). The Morgan fingerprint density at radius 3 is 2.50 bits per heavy atom. The molecule has 2 aliphatic rings. The van der Waals surface area contributed by atoms with Crippen LogP contribution in [0.5, 0.6) is 0 Å². The van der Waals surface area contributed by atoms with Gasteiger partial charge >= 0.3 is 0 Å². The molecule has 2 fully saturated rings. The van der Waals surface area contributed by atoms with Gasteiger partial charge in [-0.15, -0.1) is 0 Å². The molecule has 1 saturated carbocycles. The first-order chi connectivity index (χ1) is 13.3. The Hall–Kier alpha value is -1.58. The lowest BCUT2D eigenvalue weighted by molar-refractivity contribution is 0.0922. The van der Waals surface area contributed by atoms with Crippen molar-refractivity contribution in [3.8, 4) is 0 Å². The van der Waals surface area contributed by atoms with E-state index in [1.165, 1.54) is 29.1 Å². The number of carbonyl (C=O) groups excluding carboxylic acids is 1. The fourth-order valence-corrected chi connectivity index (χ4v) is 5.40. The predicted molar refractivity (Wildman–Crippen MR) is 107 cm³/mol. The lowest BCUT2D eigenvalue weighted by Crippen LogP contribution is -2.45. The second-order valence-electron chi connectivity index (χ2n) is 7.94. The van der Waals surface area contributed by atoms with Crippen LogP contribution in [0.2, 0.25) is 0 Å². The van der Waals surface area contributed by atoms with Gasteiger partial charge in [0.15, 0.2) is 0 Å². The molecule has 1 aliphatic heterocycles. The molecule has 2 heterocycles. The van der Waals surface area contributed by atoms with Crippen LogP contribution in [0, 0.1) is 6.92 Å². The van der Waals surface area contributed by atoms with E-state index in [0.29, 0.717) is 30.0 Å². The van der Waals surface area contributed by atoms with Gasteiger partial charge in [0.2, 0.25) is 0 Å². The molecule has 9 heteroatoms. The highest BCUT2D eigenvalue weighted by molar-refractivity contribution is 7.86. The van der Waals surface area contributed by atoms with Gasteiger partial charge in [-0.05, 0) is 32.6 Å². The van der Waals surface area contributed by atoms with E-state index in [2.05, 4.69) is 15.3 Å². The van der Waals surface area contributed by atoms with Crippen LogP contribution in [-0.4, -0.2) is 59.6 Å². The third-order valence-electron chi connectivity index (χ3n) is 5.65. The SMILES string of the molecule is Cc1ncc(C(=O)NC2CCCCC2)c(C2CCCCN2S(=O)(=O)N(C)C)n1. The Bertz CT molecular complexity index is 806. The maximum atomic E-state index is 13.0. The summed E-state index contributed by atoms with van der Waals surface area (Å²) < 4.78 is 28.4. The number of aryl methyl sites for hydroxylation is 1. The van der Waals surface area contributed by atoms with E-state index in [1.807, 2.05) is 0 Å². The highest BCUT2D eigenvalue weighted by Gasteiger charge is 2.37. The van der Waals surface area contributed by atoms with E-state index in [-0.39, 0.29) is 11.9 Å². The van der Waals surface area contributed by atoms with E-state index in [1.54, 1.807) is 13.1 Å². The fraction of sp³-hybridized carbons (Fsp3) is 0.737. The van der Waals surface area contributed by atoms with Crippen molar-refractivity contribution in [2.45, 2.75) is 70.4 Å². The molecule has 0 spiro atoms. The van der Waals surface area contributed by atoms with Crippen molar-refractivity contribution in [1.29, 1.82) is 0 Å². The minimum Gasteiger partial charge on any atom is -0.349 e. The Balaban J connectivity index is 1.93. The monoisotopic (exact) mass is 409 g/mol. The van der Waals surface area contributed by atoms with Crippen molar-refractivity contribution in [3.05, 3.63) is 23.3 Å². The van der Waals surface area contributed by atoms with E-state index in [9.17, 15) is 13.2 Å². The number of nitrogens with zero attached hydrogens (tertiary/aromatic N) is 4. The number of hydrogen-bond donors (Lipinski definition) is 1. The van der Waals surface area contributed by atoms with Gasteiger partial charge in [-0.3, -0.25) is 4.79 Å². The summed E-state index contributed by atoms with van der Waals surface area (Å²) in [6, 6.07) is -0.279. The van der Waals surface area contributed by atoms with Gasteiger partial charge in [0, 0.05) is 32.9 Å². The number of aromatic nitrogens is 2. The van der Waals surface area contributed by atoms with Gasteiger partial charge in [-0.25, -0.2) is 9.97 Å². The second kappa shape index (κ2) is 8.84. The number of carbonyl (C=O) groups is 1. The average molecular weight is 410 g/mol. The number of nitrogens with one attached hydrogen (secondary N) is 1. The summed E-state index contributed by atoms with van der Waals surface area (Å²) in [4.78, 5) is 21.8. The first-order valence-corrected chi connectivity index (χ1v) is 11.5. The summed E-state index contributed by atoms with van der Waals surface area (Å²) in [7, 11) is -0.544. The predicted octanol–water partition coefficient (Wildman–Crippen LogP) is 2.18. The molecule has 1 amide bonds. The maximum absolute atomic E-state index is 13.0. The van der Waals surface area contributed by atoms with Crippen molar-refractivity contribution in [2.75, 3.05) is 20.6 Å². The number of rotatable bonds is 5. The van der Waals surface area contributed by atoms with Gasteiger partial charge in [0.25, 0.3) is 16.1 Å². The molecule has 0 aromatic carbocycles. The van der Waals surface area contributed by atoms with Crippen LogP contribution in [0.3, 0.4) is 0 Å². The van der Waals surface area contributed by atoms with Gasteiger partial charge in [-0.1, -0.05) is 25.7 Å². The molecule has 0 bridgehead atoms. The molecule has 156 valence electrons. The van der Waals surface area contributed by atoms with Crippen LogP contribution in [0.4, 0.5) is 0 Å². The minimum atomic E-state index is -3.61. The van der Waals surface area contributed by atoms with E-state index < -0.39 is 16.3 Å². The summed E-state index contributed by atoms with van der Waals surface area (Å²) in [6.07, 6.45) is 9.33. The largest absolute Gasteiger partial charge is 0.349 e. The van der Waals surface area contributed by atoms with Crippen molar-refractivity contribution >= 4 is 16.1 Å². The van der Waals surface area contributed by atoms with Crippen molar-refractivity contribution in [1.82, 2.24) is 23.9 Å². The average Bonchev–Trinajstić information content (AvgIpc) is 2.68. The summed E-state index contributed by atoms with van der Waals surface area (Å²) in [5.74, 6) is 0.340. The molecule has 1 N–H and O–H groups in total. The highest BCUT2D eigenvalue weighted by atomic mass is 32.2. The summed E-state index contributed by atoms with van der Waals surface area (Å²) in [5, 5.41) is 3.11. The van der Waals surface area contributed by atoms with Crippen LogP contribution in [0.15, 0.2) is 6.20 Å². The normalized spacial score (nSPS) is 22.4. The fourth-order valence-electron chi connectivity index (χ4n) is 4.09. The molecule has 1 aromatic heterocycles. The Labute approximate surface area is 167 Å². The van der Waals surface area contributed by atoms with Crippen molar-refractivity contribution in [3.63, 3.8) is 0 Å². The zero-order valence-corrected chi connectivity index (χ0v) is 17.8. The first kappa shape index (κ1) is 21.1. The van der Waals surface area contributed by atoms with Crippen LogP contribution in [-0.2, 0) is 10.2 Å². The third kappa shape index (κ3) is 4.52. The molecule has 3 rings (SSSR count). The lowest BCUT2D eigenvalue weighted by atomic mass is 9.94. The zero-order valence-electron chi connectivity index (χ0n) is 17.0. The van der Waals surface area contributed by atoms with Crippen molar-refractivity contribution in [2.24, 2.45) is 0 Å². The highest BCUT2D eigenvalue weighted by Crippen LogP contribution is 2.34. The molecule has 0 radical (unpaired) electrons. The van der Waals surface area contributed by atoms with E-state index in [0.717, 1.165) is 38.5 Å². The maximum Gasteiger partial charge on any atom is 0.282 e. The molecule has 1 aliphatic carbocycles. The topological polar surface area (TPSA) is 95.5 Å². The molecular formula is C19H31N5O3S. The Kier molecular flexibility index (Phi) is 6.67. The molecule has 1 saturated heterocycles. The van der Waals surface area contributed by atoms with Gasteiger partial charge in [0.1, 0.15) is 5.82 Å². The minimum absolute atomic E-state index is 0.170. The third-order valence-corrected chi connectivity index (χ3v) is 7.60.